The zero-order valence-corrected chi connectivity index (χ0v) is 7.82. The van der Waals surface area contributed by atoms with E-state index in [2.05, 4.69) is 0 Å². The SMILES string of the molecule is CS(=O)(=O)c1ccc(B(O)O)cc1.[HH].[HH]. The highest BCUT2D eigenvalue weighted by molar-refractivity contribution is 7.90. The van der Waals surface area contributed by atoms with Gasteiger partial charge >= 0.3 is 7.12 Å². The molecule has 0 bridgehead atoms. The topological polar surface area (TPSA) is 74.6 Å². The van der Waals surface area contributed by atoms with Crippen molar-refractivity contribution >= 4 is 22.4 Å². The van der Waals surface area contributed by atoms with E-state index in [-0.39, 0.29) is 13.2 Å². The molecule has 4 nitrogen and oxygen atoms in total. The van der Waals surface area contributed by atoms with Crippen molar-refractivity contribution in [2.24, 2.45) is 0 Å². The highest BCUT2D eigenvalue weighted by Crippen LogP contribution is 2.05. The lowest BCUT2D eigenvalue weighted by Gasteiger charge is -2.00. The number of sulfone groups is 1. The second-order valence-electron chi connectivity index (χ2n) is 2.71. The minimum atomic E-state index is -3.21. The fraction of sp³-hybridized carbons (Fsp3) is 0.143. The largest absolute Gasteiger partial charge is 0.488 e. The van der Waals surface area contributed by atoms with Crippen molar-refractivity contribution in [1.29, 1.82) is 0 Å². The standard InChI is InChI=1S/C7H9BO4S.2H2/c1-13(11,12)7-4-2-6(3-5-7)8(9)10;;/h2-5,9-10H,1H3;2*1H. The minimum Gasteiger partial charge on any atom is -0.423 e. The van der Waals surface area contributed by atoms with Gasteiger partial charge in [-0.1, -0.05) is 12.1 Å². The molecule has 0 aromatic heterocycles. The van der Waals surface area contributed by atoms with Crippen LogP contribution in [0.2, 0.25) is 0 Å². The Morgan fingerprint density at radius 2 is 1.69 bits per heavy atom. The van der Waals surface area contributed by atoms with Crippen LogP contribution in [-0.2, 0) is 9.84 Å². The molecule has 74 valence electrons. The first-order valence-corrected chi connectivity index (χ1v) is 5.46. The summed E-state index contributed by atoms with van der Waals surface area (Å²) in [5, 5.41) is 17.4. The lowest BCUT2D eigenvalue weighted by molar-refractivity contribution is 0.425. The van der Waals surface area contributed by atoms with Crippen LogP contribution in [0.5, 0.6) is 0 Å². The van der Waals surface area contributed by atoms with Crippen LogP contribution < -0.4 is 5.46 Å². The van der Waals surface area contributed by atoms with Gasteiger partial charge in [-0.3, -0.25) is 0 Å². The molecule has 0 atom stereocenters. The van der Waals surface area contributed by atoms with Crippen molar-refractivity contribution < 1.29 is 21.3 Å². The maximum Gasteiger partial charge on any atom is 0.488 e. The molecule has 0 aliphatic carbocycles. The van der Waals surface area contributed by atoms with E-state index >= 15 is 0 Å². The van der Waals surface area contributed by atoms with E-state index in [0.717, 1.165) is 6.26 Å². The molecule has 0 unspecified atom stereocenters. The molecule has 0 spiro atoms. The molecule has 0 heterocycles. The summed E-state index contributed by atoms with van der Waals surface area (Å²) in [7, 11) is -4.77. The van der Waals surface area contributed by atoms with Crippen LogP contribution in [-0.4, -0.2) is 31.8 Å². The quantitative estimate of drug-likeness (QED) is 0.622. The average molecular weight is 204 g/mol. The summed E-state index contributed by atoms with van der Waals surface area (Å²) in [6.45, 7) is 0. The molecule has 0 saturated carbocycles. The van der Waals surface area contributed by atoms with Crippen molar-refractivity contribution in [3.63, 3.8) is 0 Å². The molecule has 1 aromatic carbocycles. The van der Waals surface area contributed by atoms with Gasteiger partial charge < -0.3 is 10.0 Å². The second-order valence-corrected chi connectivity index (χ2v) is 4.73. The van der Waals surface area contributed by atoms with E-state index in [0.29, 0.717) is 0 Å². The van der Waals surface area contributed by atoms with Gasteiger partial charge in [0, 0.05) is 9.11 Å². The Bertz CT molecular complexity index is 390. The molecule has 2 N–H and O–H groups in total. The third kappa shape index (κ3) is 2.55. The molecule has 0 saturated heterocycles. The Morgan fingerprint density at radius 1 is 1.23 bits per heavy atom. The van der Waals surface area contributed by atoms with E-state index in [9.17, 15) is 8.42 Å². The predicted octanol–water partition coefficient (Wildman–Crippen LogP) is -0.738. The summed E-state index contributed by atoms with van der Waals surface area (Å²) in [6, 6.07) is 5.40. The van der Waals surface area contributed by atoms with E-state index in [4.69, 9.17) is 10.0 Å². The Balaban J connectivity index is 0. The van der Waals surface area contributed by atoms with Crippen molar-refractivity contribution in [2.75, 3.05) is 6.26 Å². The van der Waals surface area contributed by atoms with Gasteiger partial charge in [-0.05, 0) is 17.6 Å². The summed E-state index contributed by atoms with van der Waals surface area (Å²) in [5.74, 6) is 0. The van der Waals surface area contributed by atoms with Gasteiger partial charge in [-0.25, -0.2) is 8.42 Å². The highest BCUT2D eigenvalue weighted by Gasteiger charge is 2.12. The minimum absolute atomic E-state index is 0. The Kier molecular flexibility index (Phi) is 2.75. The summed E-state index contributed by atoms with van der Waals surface area (Å²) in [5.41, 5.74) is 0.271. The zero-order chi connectivity index (χ0) is 10.1. The van der Waals surface area contributed by atoms with Crippen LogP contribution in [0.4, 0.5) is 0 Å². The van der Waals surface area contributed by atoms with Gasteiger partial charge in [0.05, 0.1) is 4.90 Å². The summed E-state index contributed by atoms with van der Waals surface area (Å²) in [4.78, 5) is 0.164. The maximum atomic E-state index is 11.0. The van der Waals surface area contributed by atoms with Gasteiger partial charge in [0.1, 0.15) is 0 Å². The fourth-order valence-corrected chi connectivity index (χ4v) is 1.52. The lowest BCUT2D eigenvalue weighted by Crippen LogP contribution is -2.29. The van der Waals surface area contributed by atoms with Crippen LogP contribution in [0.15, 0.2) is 29.2 Å². The molecule has 13 heavy (non-hydrogen) atoms. The van der Waals surface area contributed by atoms with Gasteiger partial charge in [-0.2, -0.15) is 0 Å². The van der Waals surface area contributed by atoms with Crippen LogP contribution in [0.3, 0.4) is 0 Å². The van der Waals surface area contributed by atoms with Gasteiger partial charge in [0.15, 0.2) is 9.84 Å². The average Bonchev–Trinajstić information content (AvgIpc) is 2.03. The Morgan fingerprint density at radius 3 is 2.00 bits per heavy atom. The van der Waals surface area contributed by atoms with Crippen LogP contribution in [0.25, 0.3) is 0 Å². The number of hydrogen-bond acceptors (Lipinski definition) is 4. The molecule has 6 heteroatoms. The first-order valence-electron chi connectivity index (χ1n) is 3.57. The molecular formula is C7H13BO4S. The molecule has 0 aliphatic rings. The lowest BCUT2D eigenvalue weighted by atomic mass is 9.81. The first-order chi connectivity index (χ1) is 5.91. The van der Waals surface area contributed by atoms with Crippen LogP contribution >= 0.6 is 0 Å². The summed E-state index contributed by atoms with van der Waals surface area (Å²) >= 11 is 0. The highest BCUT2D eigenvalue weighted by atomic mass is 32.2. The Hall–Kier alpha value is -0.845. The molecule has 1 aromatic rings. The molecule has 0 amide bonds. The van der Waals surface area contributed by atoms with Crippen molar-refractivity contribution in [3.8, 4) is 0 Å². The molecule has 1 rings (SSSR count). The van der Waals surface area contributed by atoms with Gasteiger partial charge in [0.2, 0.25) is 0 Å². The number of rotatable bonds is 2. The smallest absolute Gasteiger partial charge is 0.423 e. The van der Waals surface area contributed by atoms with Crippen molar-refractivity contribution in [3.05, 3.63) is 24.3 Å². The summed E-state index contributed by atoms with van der Waals surface area (Å²) in [6.07, 6.45) is 1.09. The van der Waals surface area contributed by atoms with E-state index in [1.807, 2.05) is 0 Å². The number of hydrogen-bond donors (Lipinski definition) is 2. The van der Waals surface area contributed by atoms with Crippen LogP contribution in [0, 0.1) is 0 Å². The van der Waals surface area contributed by atoms with Crippen molar-refractivity contribution in [2.45, 2.75) is 4.90 Å². The first kappa shape index (κ1) is 10.2. The van der Waals surface area contributed by atoms with Crippen molar-refractivity contribution in [1.82, 2.24) is 0 Å². The van der Waals surface area contributed by atoms with E-state index in [1.54, 1.807) is 0 Å². The maximum absolute atomic E-state index is 11.0. The fourth-order valence-electron chi connectivity index (χ4n) is 0.887. The molecular weight excluding hydrogens is 191 g/mol. The Labute approximate surface area is 79.9 Å². The third-order valence-corrected chi connectivity index (χ3v) is 2.73. The normalized spacial score (nSPS) is 11.3. The second kappa shape index (κ2) is 3.49. The van der Waals surface area contributed by atoms with E-state index in [1.165, 1.54) is 24.3 Å². The molecule has 0 radical (unpaired) electrons. The molecule has 0 aliphatic heterocycles. The van der Waals surface area contributed by atoms with Gasteiger partial charge in [0.25, 0.3) is 0 Å². The van der Waals surface area contributed by atoms with Gasteiger partial charge in [-0.15, -0.1) is 0 Å². The zero-order valence-electron chi connectivity index (χ0n) is 7.01. The third-order valence-electron chi connectivity index (χ3n) is 1.61. The predicted molar refractivity (Wildman–Crippen MR) is 53.6 cm³/mol. The molecule has 0 fully saturated rings. The van der Waals surface area contributed by atoms with Crippen LogP contribution in [0.1, 0.15) is 2.85 Å². The summed E-state index contributed by atoms with van der Waals surface area (Å²) < 4.78 is 22.0. The number of benzene rings is 1. The van der Waals surface area contributed by atoms with E-state index < -0.39 is 17.0 Å². The monoisotopic (exact) mass is 204 g/mol.